The van der Waals surface area contributed by atoms with Crippen molar-refractivity contribution in [2.24, 2.45) is 11.8 Å². The highest BCUT2D eigenvalue weighted by Gasteiger charge is 2.34. The number of ether oxygens (including phenoxy) is 2. The molecular formula is C12H20O5. The van der Waals surface area contributed by atoms with E-state index in [0.29, 0.717) is 32.0 Å². The van der Waals surface area contributed by atoms with Crippen molar-refractivity contribution < 1.29 is 24.2 Å². The molecule has 1 heterocycles. The Morgan fingerprint density at radius 2 is 2.29 bits per heavy atom. The summed E-state index contributed by atoms with van der Waals surface area (Å²) in [6.07, 6.45) is 0.735. The third kappa shape index (κ3) is 5.17. The fraction of sp³-hybridized carbons (Fsp3) is 0.833. The lowest BCUT2D eigenvalue weighted by Crippen LogP contribution is -2.17. The number of carboxylic acid groups (broad SMARTS) is 1. The van der Waals surface area contributed by atoms with Gasteiger partial charge in [0.2, 0.25) is 0 Å². The molecule has 17 heavy (non-hydrogen) atoms. The molecule has 2 atom stereocenters. The second-order valence-corrected chi connectivity index (χ2v) is 4.86. The molecule has 0 saturated carbocycles. The van der Waals surface area contributed by atoms with Gasteiger partial charge in [0.25, 0.3) is 0 Å². The average Bonchev–Trinajstić information content (AvgIpc) is 2.55. The normalized spacial score (nSPS) is 24.1. The van der Waals surface area contributed by atoms with Gasteiger partial charge >= 0.3 is 11.9 Å². The lowest BCUT2D eigenvalue weighted by atomic mass is 9.99. The van der Waals surface area contributed by atoms with Crippen LogP contribution in [0.15, 0.2) is 0 Å². The van der Waals surface area contributed by atoms with E-state index in [9.17, 15) is 9.59 Å². The molecule has 0 aromatic heterocycles. The van der Waals surface area contributed by atoms with Gasteiger partial charge in [0, 0.05) is 13.0 Å². The number of esters is 1. The van der Waals surface area contributed by atoms with Crippen molar-refractivity contribution in [2.75, 3.05) is 13.2 Å². The van der Waals surface area contributed by atoms with Gasteiger partial charge in [-0.2, -0.15) is 0 Å². The minimum atomic E-state index is -0.877. The lowest BCUT2D eigenvalue weighted by molar-refractivity contribution is -0.146. The smallest absolute Gasteiger partial charge is 0.309 e. The number of carboxylic acids is 1. The third-order valence-electron chi connectivity index (χ3n) is 2.63. The fourth-order valence-electron chi connectivity index (χ4n) is 1.79. The molecule has 0 spiro atoms. The Kier molecular flexibility index (Phi) is 5.41. The number of carbonyl (C=O) groups is 2. The van der Waals surface area contributed by atoms with Crippen LogP contribution < -0.4 is 0 Å². The van der Waals surface area contributed by atoms with Crippen molar-refractivity contribution in [3.8, 4) is 0 Å². The number of carbonyl (C=O) groups excluding carboxylic acids is 1. The fourth-order valence-corrected chi connectivity index (χ4v) is 1.79. The Hall–Kier alpha value is -1.10. The summed E-state index contributed by atoms with van der Waals surface area (Å²) < 4.78 is 10.5. The van der Waals surface area contributed by atoms with Crippen LogP contribution in [-0.2, 0) is 19.1 Å². The van der Waals surface area contributed by atoms with Gasteiger partial charge in [0.05, 0.1) is 12.5 Å². The second kappa shape index (κ2) is 6.59. The Morgan fingerprint density at radius 1 is 1.59 bits per heavy atom. The van der Waals surface area contributed by atoms with Crippen molar-refractivity contribution in [1.29, 1.82) is 0 Å². The number of rotatable bonds is 7. The molecule has 5 nitrogen and oxygen atoms in total. The van der Waals surface area contributed by atoms with Crippen molar-refractivity contribution in [3.05, 3.63) is 0 Å². The van der Waals surface area contributed by atoms with Crippen molar-refractivity contribution in [3.63, 3.8) is 0 Å². The quantitative estimate of drug-likeness (QED) is 0.686. The van der Waals surface area contributed by atoms with Crippen LogP contribution >= 0.6 is 0 Å². The van der Waals surface area contributed by atoms with Gasteiger partial charge in [-0.1, -0.05) is 13.8 Å². The summed E-state index contributed by atoms with van der Waals surface area (Å²) in [4.78, 5) is 21.8. The second-order valence-electron chi connectivity index (χ2n) is 4.86. The van der Waals surface area contributed by atoms with Gasteiger partial charge in [0.1, 0.15) is 6.10 Å². The Morgan fingerprint density at radius 3 is 2.88 bits per heavy atom. The average molecular weight is 244 g/mol. The topological polar surface area (TPSA) is 72.8 Å². The maximum Gasteiger partial charge on any atom is 0.309 e. The van der Waals surface area contributed by atoms with Crippen LogP contribution in [0.3, 0.4) is 0 Å². The zero-order valence-corrected chi connectivity index (χ0v) is 10.3. The highest BCUT2D eigenvalue weighted by Crippen LogP contribution is 2.25. The molecule has 1 N–H and O–H groups in total. The molecule has 1 rings (SSSR count). The summed E-state index contributed by atoms with van der Waals surface area (Å²) in [5.41, 5.74) is 0. The van der Waals surface area contributed by atoms with Crippen LogP contribution in [0.1, 0.15) is 33.1 Å². The molecule has 0 radical (unpaired) electrons. The molecule has 0 amide bonds. The third-order valence-corrected chi connectivity index (χ3v) is 2.63. The van der Waals surface area contributed by atoms with E-state index >= 15 is 0 Å². The molecule has 0 aliphatic carbocycles. The first-order chi connectivity index (χ1) is 7.99. The Balaban J connectivity index is 2.23. The van der Waals surface area contributed by atoms with E-state index in [1.807, 2.05) is 0 Å². The molecule has 1 fully saturated rings. The molecule has 98 valence electrons. The first kappa shape index (κ1) is 14.0. The first-order valence-electron chi connectivity index (χ1n) is 5.99. The lowest BCUT2D eigenvalue weighted by Gasteiger charge is -2.11. The van der Waals surface area contributed by atoms with Crippen molar-refractivity contribution >= 4 is 11.9 Å². The minimum Gasteiger partial charge on any atom is -0.481 e. The number of hydrogen-bond donors (Lipinski definition) is 1. The highest BCUT2D eigenvalue weighted by molar-refractivity contribution is 5.75. The molecular weight excluding hydrogens is 224 g/mol. The number of aliphatic carboxylic acids is 1. The SMILES string of the molecule is CC(C)COCC1CC(CCC(=O)O)C(=O)O1. The summed E-state index contributed by atoms with van der Waals surface area (Å²) in [6, 6.07) is 0. The largest absolute Gasteiger partial charge is 0.481 e. The Bertz CT molecular complexity index is 274. The molecule has 1 aliphatic rings. The predicted molar refractivity (Wildman–Crippen MR) is 60.5 cm³/mol. The number of hydrogen-bond acceptors (Lipinski definition) is 4. The van der Waals surface area contributed by atoms with Crippen LogP contribution in [0, 0.1) is 11.8 Å². The molecule has 0 aromatic carbocycles. The van der Waals surface area contributed by atoms with Gasteiger partial charge in [-0.25, -0.2) is 0 Å². The van der Waals surface area contributed by atoms with Crippen LogP contribution in [-0.4, -0.2) is 36.4 Å². The van der Waals surface area contributed by atoms with E-state index in [0.717, 1.165) is 0 Å². The summed E-state index contributed by atoms with van der Waals surface area (Å²) in [5.74, 6) is -0.990. The molecule has 0 bridgehead atoms. The minimum absolute atomic E-state index is 0.0132. The number of cyclic esters (lactones) is 1. The van der Waals surface area contributed by atoms with Gasteiger partial charge < -0.3 is 14.6 Å². The molecule has 2 unspecified atom stereocenters. The van der Waals surface area contributed by atoms with Crippen LogP contribution in [0.25, 0.3) is 0 Å². The van der Waals surface area contributed by atoms with E-state index in [1.54, 1.807) is 0 Å². The predicted octanol–water partition coefficient (Wildman–Crippen LogP) is 1.46. The van der Waals surface area contributed by atoms with E-state index < -0.39 is 5.97 Å². The van der Waals surface area contributed by atoms with Crippen molar-refractivity contribution in [2.45, 2.75) is 39.2 Å². The van der Waals surface area contributed by atoms with Crippen LogP contribution in [0.2, 0.25) is 0 Å². The van der Waals surface area contributed by atoms with E-state index in [-0.39, 0.29) is 24.4 Å². The van der Waals surface area contributed by atoms with Gasteiger partial charge in [-0.05, 0) is 18.8 Å². The summed E-state index contributed by atoms with van der Waals surface area (Å²) in [7, 11) is 0. The monoisotopic (exact) mass is 244 g/mol. The standard InChI is InChI=1S/C12H20O5/c1-8(2)6-16-7-10-5-9(12(15)17-10)3-4-11(13)14/h8-10H,3-7H2,1-2H3,(H,13,14). The van der Waals surface area contributed by atoms with E-state index in [4.69, 9.17) is 14.6 Å². The molecule has 1 saturated heterocycles. The molecule has 5 heteroatoms. The molecule has 0 aromatic rings. The van der Waals surface area contributed by atoms with Gasteiger partial charge in [-0.3, -0.25) is 9.59 Å². The van der Waals surface area contributed by atoms with E-state index in [2.05, 4.69) is 13.8 Å². The maximum atomic E-state index is 11.4. The molecule has 1 aliphatic heterocycles. The Labute approximate surface area is 101 Å². The summed E-state index contributed by atoms with van der Waals surface area (Å²) in [6.45, 7) is 5.16. The van der Waals surface area contributed by atoms with Gasteiger partial charge in [0.15, 0.2) is 0 Å². The van der Waals surface area contributed by atoms with E-state index in [1.165, 1.54) is 0 Å². The van der Waals surface area contributed by atoms with Crippen molar-refractivity contribution in [1.82, 2.24) is 0 Å². The van der Waals surface area contributed by atoms with Gasteiger partial charge in [-0.15, -0.1) is 0 Å². The summed E-state index contributed by atoms with van der Waals surface area (Å²) in [5, 5.41) is 8.55. The highest BCUT2D eigenvalue weighted by atomic mass is 16.6. The maximum absolute atomic E-state index is 11.4. The van der Waals surface area contributed by atoms with Crippen LogP contribution in [0.4, 0.5) is 0 Å². The zero-order valence-electron chi connectivity index (χ0n) is 10.3. The van der Waals surface area contributed by atoms with Crippen LogP contribution in [0.5, 0.6) is 0 Å². The first-order valence-corrected chi connectivity index (χ1v) is 5.99. The summed E-state index contributed by atoms with van der Waals surface area (Å²) >= 11 is 0. The zero-order chi connectivity index (χ0) is 12.8.